The second-order valence-corrected chi connectivity index (χ2v) is 5.01. The molecule has 3 rings (SSSR count). The zero-order valence-corrected chi connectivity index (χ0v) is 11.7. The van der Waals surface area contributed by atoms with Gasteiger partial charge >= 0.3 is 0 Å². The van der Waals surface area contributed by atoms with Crippen LogP contribution in [0.25, 0.3) is 11.0 Å². The number of benzene rings is 2. The van der Waals surface area contributed by atoms with Gasteiger partial charge in [-0.25, -0.2) is 0 Å². The van der Waals surface area contributed by atoms with Gasteiger partial charge in [0.1, 0.15) is 5.58 Å². The van der Waals surface area contributed by atoms with Gasteiger partial charge in [0.05, 0.1) is 6.04 Å². The lowest BCUT2D eigenvalue weighted by atomic mass is 10.1. The third-order valence-electron chi connectivity index (χ3n) is 3.41. The highest BCUT2D eigenvalue weighted by Gasteiger charge is 2.15. The summed E-state index contributed by atoms with van der Waals surface area (Å²) in [6.07, 6.45) is 0. The van der Waals surface area contributed by atoms with Crippen molar-refractivity contribution in [2.45, 2.75) is 13.0 Å². The van der Waals surface area contributed by atoms with Crippen molar-refractivity contribution >= 4 is 22.6 Å². The van der Waals surface area contributed by atoms with Crippen molar-refractivity contribution < 1.29 is 9.21 Å². The van der Waals surface area contributed by atoms with Crippen molar-refractivity contribution in [3.05, 3.63) is 65.9 Å². The molecule has 106 valence electrons. The number of nitrogen functional groups attached to an aromatic ring is 1. The van der Waals surface area contributed by atoms with Gasteiger partial charge in [0, 0.05) is 11.1 Å². The molecule has 0 bridgehead atoms. The van der Waals surface area contributed by atoms with Gasteiger partial charge in [-0.05, 0) is 36.8 Å². The van der Waals surface area contributed by atoms with Crippen LogP contribution in [0.15, 0.2) is 59.0 Å². The number of nitrogens with one attached hydrogen (secondary N) is 1. The minimum Gasteiger partial charge on any atom is -0.451 e. The molecule has 0 spiro atoms. The molecule has 1 heterocycles. The predicted molar refractivity (Wildman–Crippen MR) is 82.9 cm³/mol. The molecule has 1 unspecified atom stereocenters. The summed E-state index contributed by atoms with van der Waals surface area (Å²) in [6, 6.07) is 16.7. The van der Waals surface area contributed by atoms with Crippen LogP contribution < -0.4 is 11.1 Å². The molecule has 0 aliphatic rings. The van der Waals surface area contributed by atoms with Crippen LogP contribution in [0, 0.1) is 0 Å². The summed E-state index contributed by atoms with van der Waals surface area (Å²) in [5.41, 5.74) is 8.07. The van der Waals surface area contributed by atoms with E-state index >= 15 is 0 Å². The molecular formula is C17H16N2O2. The molecule has 4 heteroatoms. The predicted octanol–water partition coefficient (Wildman–Crippen LogP) is 3.51. The van der Waals surface area contributed by atoms with Crippen LogP contribution in [0.2, 0.25) is 0 Å². The molecule has 2 aromatic carbocycles. The number of hydrogen-bond acceptors (Lipinski definition) is 3. The topological polar surface area (TPSA) is 68.3 Å². The van der Waals surface area contributed by atoms with Crippen LogP contribution in [0.4, 0.5) is 5.69 Å². The second-order valence-electron chi connectivity index (χ2n) is 5.01. The molecule has 0 radical (unpaired) electrons. The highest BCUT2D eigenvalue weighted by Crippen LogP contribution is 2.22. The summed E-state index contributed by atoms with van der Waals surface area (Å²) in [7, 11) is 0. The zero-order valence-electron chi connectivity index (χ0n) is 11.7. The molecule has 21 heavy (non-hydrogen) atoms. The molecule has 0 saturated carbocycles. The Bertz CT molecular complexity index is 778. The molecule has 0 saturated heterocycles. The van der Waals surface area contributed by atoms with E-state index in [2.05, 4.69) is 5.32 Å². The number of fused-ring (bicyclic) bond motifs is 1. The van der Waals surface area contributed by atoms with Gasteiger partial charge in [-0.2, -0.15) is 0 Å². The number of furan rings is 1. The number of carbonyl (C=O) groups is 1. The van der Waals surface area contributed by atoms with E-state index in [4.69, 9.17) is 10.2 Å². The number of anilines is 1. The van der Waals surface area contributed by atoms with Crippen molar-refractivity contribution in [1.29, 1.82) is 0 Å². The Morgan fingerprint density at radius 3 is 2.67 bits per heavy atom. The number of hydrogen-bond donors (Lipinski definition) is 2. The maximum atomic E-state index is 12.2. The van der Waals surface area contributed by atoms with Gasteiger partial charge in [0.2, 0.25) is 0 Å². The third-order valence-corrected chi connectivity index (χ3v) is 3.41. The van der Waals surface area contributed by atoms with E-state index in [1.165, 1.54) is 0 Å². The Balaban J connectivity index is 1.80. The van der Waals surface area contributed by atoms with Crippen LogP contribution in [-0.2, 0) is 0 Å². The van der Waals surface area contributed by atoms with E-state index in [1.54, 1.807) is 24.3 Å². The Hall–Kier alpha value is -2.75. The van der Waals surface area contributed by atoms with Crippen LogP contribution in [0.1, 0.15) is 29.1 Å². The first kappa shape index (κ1) is 13.2. The summed E-state index contributed by atoms with van der Waals surface area (Å²) in [4.78, 5) is 12.2. The van der Waals surface area contributed by atoms with E-state index in [1.807, 2.05) is 37.3 Å². The van der Waals surface area contributed by atoms with Crippen molar-refractivity contribution in [1.82, 2.24) is 5.32 Å². The highest BCUT2D eigenvalue weighted by atomic mass is 16.3. The van der Waals surface area contributed by atoms with Crippen LogP contribution in [0.3, 0.4) is 0 Å². The molecule has 4 nitrogen and oxygen atoms in total. The molecule has 3 N–H and O–H groups in total. The van der Waals surface area contributed by atoms with Gasteiger partial charge in [-0.15, -0.1) is 0 Å². The number of amides is 1. The molecule has 0 aliphatic carbocycles. The van der Waals surface area contributed by atoms with Crippen molar-refractivity contribution in [2.75, 3.05) is 5.73 Å². The second kappa shape index (κ2) is 5.32. The SMILES string of the molecule is CC(NC(=O)c1cc2cc(N)ccc2o1)c1ccccc1. The Morgan fingerprint density at radius 2 is 1.90 bits per heavy atom. The Labute approximate surface area is 122 Å². The summed E-state index contributed by atoms with van der Waals surface area (Å²) < 4.78 is 5.55. The molecule has 0 fully saturated rings. The van der Waals surface area contributed by atoms with Crippen LogP contribution >= 0.6 is 0 Å². The fourth-order valence-electron chi connectivity index (χ4n) is 2.27. The van der Waals surface area contributed by atoms with Gasteiger partial charge in [0.25, 0.3) is 5.91 Å². The largest absolute Gasteiger partial charge is 0.451 e. The lowest BCUT2D eigenvalue weighted by Gasteiger charge is -2.12. The molecule has 3 aromatic rings. The fourth-order valence-corrected chi connectivity index (χ4v) is 2.27. The third kappa shape index (κ3) is 2.74. The first-order valence-electron chi connectivity index (χ1n) is 6.78. The van der Waals surface area contributed by atoms with E-state index in [-0.39, 0.29) is 11.9 Å². The number of carbonyl (C=O) groups excluding carboxylic acids is 1. The highest BCUT2D eigenvalue weighted by molar-refractivity contribution is 5.96. The lowest BCUT2D eigenvalue weighted by Crippen LogP contribution is -2.26. The molecular weight excluding hydrogens is 264 g/mol. The van der Waals surface area contributed by atoms with Gasteiger partial charge in [-0.3, -0.25) is 4.79 Å². The Morgan fingerprint density at radius 1 is 1.14 bits per heavy atom. The average molecular weight is 280 g/mol. The van der Waals surface area contributed by atoms with Gasteiger partial charge in [-0.1, -0.05) is 30.3 Å². The monoisotopic (exact) mass is 280 g/mol. The van der Waals surface area contributed by atoms with E-state index in [0.717, 1.165) is 10.9 Å². The molecule has 1 atom stereocenters. The van der Waals surface area contributed by atoms with Crippen molar-refractivity contribution in [2.24, 2.45) is 0 Å². The van der Waals surface area contributed by atoms with Crippen molar-refractivity contribution in [3.63, 3.8) is 0 Å². The quantitative estimate of drug-likeness (QED) is 0.721. The van der Waals surface area contributed by atoms with Gasteiger partial charge in [0.15, 0.2) is 5.76 Å². The smallest absolute Gasteiger partial charge is 0.287 e. The summed E-state index contributed by atoms with van der Waals surface area (Å²) in [6.45, 7) is 1.94. The van der Waals surface area contributed by atoms with Gasteiger partial charge < -0.3 is 15.5 Å². The zero-order chi connectivity index (χ0) is 14.8. The first-order valence-corrected chi connectivity index (χ1v) is 6.78. The molecule has 1 aromatic heterocycles. The van der Waals surface area contributed by atoms with Crippen LogP contribution in [0.5, 0.6) is 0 Å². The molecule has 1 amide bonds. The number of nitrogens with two attached hydrogens (primary N) is 1. The standard InChI is InChI=1S/C17H16N2O2/c1-11(12-5-3-2-4-6-12)19-17(20)16-10-13-9-14(18)7-8-15(13)21-16/h2-11H,18H2,1H3,(H,19,20). The number of rotatable bonds is 3. The van der Waals surface area contributed by atoms with Crippen molar-refractivity contribution in [3.8, 4) is 0 Å². The minimum absolute atomic E-state index is 0.0861. The maximum Gasteiger partial charge on any atom is 0.287 e. The first-order chi connectivity index (χ1) is 10.1. The van der Waals surface area contributed by atoms with E-state index < -0.39 is 0 Å². The summed E-state index contributed by atoms with van der Waals surface area (Å²) in [5.74, 6) is 0.0551. The molecule has 0 aliphatic heterocycles. The summed E-state index contributed by atoms with van der Waals surface area (Å²) >= 11 is 0. The normalized spacial score (nSPS) is 12.2. The Kier molecular flexibility index (Phi) is 3.36. The van der Waals surface area contributed by atoms with Crippen LogP contribution in [-0.4, -0.2) is 5.91 Å². The summed E-state index contributed by atoms with van der Waals surface area (Å²) in [5, 5.41) is 3.75. The minimum atomic E-state index is -0.235. The lowest BCUT2D eigenvalue weighted by molar-refractivity contribution is 0.0914. The van der Waals surface area contributed by atoms with E-state index in [0.29, 0.717) is 17.0 Å². The average Bonchev–Trinajstić information content (AvgIpc) is 2.91. The maximum absolute atomic E-state index is 12.2. The van der Waals surface area contributed by atoms with E-state index in [9.17, 15) is 4.79 Å². The fraction of sp³-hybridized carbons (Fsp3) is 0.118.